The van der Waals surface area contributed by atoms with Gasteiger partial charge < -0.3 is 9.88 Å². The molecule has 1 heterocycles. The Bertz CT molecular complexity index is 1170. The van der Waals surface area contributed by atoms with Crippen molar-refractivity contribution >= 4 is 45.2 Å². The minimum atomic E-state index is -0.412. The number of amides is 1. The summed E-state index contributed by atoms with van der Waals surface area (Å²) in [6, 6.07) is 20.8. The van der Waals surface area contributed by atoms with E-state index in [9.17, 15) is 9.18 Å². The van der Waals surface area contributed by atoms with Crippen LogP contribution in [0.5, 0.6) is 0 Å². The lowest BCUT2D eigenvalue weighted by molar-refractivity contribution is -0.115. The number of hydrogen-bond acceptors (Lipinski definition) is 2. The number of halogens is 1. The molecule has 0 saturated heterocycles. The molecule has 0 aliphatic rings. The summed E-state index contributed by atoms with van der Waals surface area (Å²) in [4.78, 5) is 13.1. The first-order chi connectivity index (χ1) is 13.6. The summed E-state index contributed by atoms with van der Waals surface area (Å²) in [5.41, 5.74) is 3.08. The van der Waals surface area contributed by atoms with Crippen LogP contribution in [0.2, 0.25) is 0 Å². The number of hydrogen-bond donors (Lipinski definition) is 1. The molecule has 5 heteroatoms. The molecule has 142 valence electrons. The maximum absolute atomic E-state index is 13.8. The Labute approximate surface area is 167 Å². The summed E-state index contributed by atoms with van der Waals surface area (Å²) in [5, 5.41) is 4.85. The molecule has 0 spiro atoms. The van der Waals surface area contributed by atoms with Crippen molar-refractivity contribution in [3.63, 3.8) is 0 Å². The number of carbonyl (C=O) groups is 1. The smallest absolute Gasteiger partial charge is 0.237 e. The molecule has 1 amide bonds. The third-order valence-corrected chi connectivity index (χ3v) is 6.02. The zero-order valence-electron chi connectivity index (χ0n) is 15.8. The maximum atomic E-state index is 13.8. The van der Waals surface area contributed by atoms with Gasteiger partial charge >= 0.3 is 0 Å². The Hall–Kier alpha value is -2.79. The molecule has 28 heavy (non-hydrogen) atoms. The number of aryl methyl sites for hydroxylation is 1. The highest BCUT2D eigenvalue weighted by Crippen LogP contribution is 2.32. The number of nitrogens with zero attached hydrogens (tertiary/aromatic N) is 1. The molecule has 1 N–H and O–H groups in total. The minimum Gasteiger partial charge on any atom is -0.341 e. The van der Waals surface area contributed by atoms with E-state index in [0.717, 1.165) is 23.1 Å². The maximum Gasteiger partial charge on any atom is 0.237 e. The lowest BCUT2D eigenvalue weighted by atomic mass is 10.1. The molecule has 1 atom stereocenters. The van der Waals surface area contributed by atoms with Gasteiger partial charge in [-0.25, -0.2) is 4.39 Å². The van der Waals surface area contributed by atoms with Crippen LogP contribution < -0.4 is 5.32 Å². The highest BCUT2D eigenvalue weighted by Gasteiger charge is 2.17. The molecule has 4 aromatic rings. The summed E-state index contributed by atoms with van der Waals surface area (Å²) in [6.07, 6.45) is 0. The highest BCUT2D eigenvalue weighted by molar-refractivity contribution is 8.00. The van der Waals surface area contributed by atoms with Crippen molar-refractivity contribution in [3.05, 3.63) is 72.5 Å². The van der Waals surface area contributed by atoms with Crippen LogP contribution >= 0.6 is 11.8 Å². The van der Waals surface area contributed by atoms with E-state index in [-0.39, 0.29) is 11.7 Å². The van der Waals surface area contributed by atoms with Gasteiger partial charge in [0.25, 0.3) is 0 Å². The molecule has 0 bridgehead atoms. The second-order valence-electron chi connectivity index (χ2n) is 6.67. The molecule has 0 radical (unpaired) electrons. The molecule has 0 unspecified atom stereocenters. The molecule has 0 fully saturated rings. The summed E-state index contributed by atoms with van der Waals surface area (Å²) in [6.45, 7) is 4.79. The number of anilines is 1. The zero-order chi connectivity index (χ0) is 19.7. The third kappa shape index (κ3) is 3.38. The van der Waals surface area contributed by atoms with Gasteiger partial charge in [-0.3, -0.25) is 4.79 Å². The van der Waals surface area contributed by atoms with E-state index < -0.39 is 5.25 Å². The van der Waals surface area contributed by atoms with E-state index >= 15 is 0 Å². The topological polar surface area (TPSA) is 34.0 Å². The van der Waals surface area contributed by atoms with E-state index in [2.05, 4.69) is 28.9 Å². The Balaban J connectivity index is 1.60. The Morgan fingerprint density at radius 3 is 2.54 bits per heavy atom. The fourth-order valence-electron chi connectivity index (χ4n) is 3.50. The number of aromatic nitrogens is 1. The molecule has 3 nitrogen and oxygen atoms in total. The lowest BCUT2D eigenvalue weighted by Gasteiger charge is -2.13. The molecular weight excluding hydrogens is 371 g/mol. The van der Waals surface area contributed by atoms with Crippen molar-refractivity contribution < 1.29 is 9.18 Å². The standard InChI is InChI=1S/C23H21FN2OS/c1-3-26-20-10-6-4-8-17(20)18-14-16(12-13-21(18)26)25-23(27)15(2)28-22-11-7-5-9-19(22)24/h4-15H,3H2,1-2H3,(H,25,27)/t15-/m0/s1. The van der Waals surface area contributed by atoms with Crippen LogP contribution in [0.3, 0.4) is 0 Å². The number of nitrogens with one attached hydrogen (secondary N) is 1. The summed E-state index contributed by atoms with van der Waals surface area (Å²) in [7, 11) is 0. The fraction of sp³-hybridized carbons (Fsp3) is 0.174. The molecule has 3 aromatic carbocycles. The van der Waals surface area contributed by atoms with Gasteiger partial charge in [0.15, 0.2) is 0 Å². The van der Waals surface area contributed by atoms with E-state index in [1.165, 1.54) is 28.7 Å². The summed E-state index contributed by atoms with van der Waals surface area (Å²) in [5.74, 6) is -0.451. The molecule has 0 aliphatic heterocycles. The second-order valence-corrected chi connectivity index (χ2v) is 8.06. The monoisotopic (exact) mass is 392 g/mol. The molecule has 1 aromatic heterocycles. The Morgan fingerprint density at radius 1 is 1.04 bits per heavy atom. The number of benzene rings is 3. The first-order valence-electron chi connectivity index (χ1n) is 9.31. The van der Waals surface area contributed by atoms with Crippen LogP contribution in [0.1, 0.15) is 13.8 Å². The van der Waals surface area contributed by atoms with Gasteiger partial charge in [-0.05, 0) is 50.2 Å². The normalized spacial score (nSPS) is 12.4. The average Bonchev–Trinajstić information content (AvgIpc) is 3.02. The van der Waals surface area contributed by atoms with Gasteiger partial charge in [0, 0.05) is 38.9 Å². The fourth-order valence-corrected chi connectivity index (χ4v) is 4.38. The highest BCUT2D eigenvalue weighted by atomic mass is 32.2. The minimum absolute atomic E-state index is 0.146. The molecule has 0 saturated carbocycles. The van der Waals surface area contributed by atoms with Gasteiger partial charge in [-0.1, -0.05) is 30.3 Å². The first kappa shape index (κ1) is 18.6. The first-order valence-corrected chi connectivity index (χ1v) is 10.2. The largest absolute Gasteiger partial charge is 0.341 e. The third-order valence-electron chi connectivity index (χ3n) is 4.87. The van der Waals surface area contributed by atoms with Crippen molar-refractivity contribution in [2.24, 2.45) is 0 Å². The van der Waals surface area contributed by atoms with Crippen molar-refractivity contribution in [1.82, 2.24) is 4.57 Å². The van der Waals surface area contributed by atoms with Gasteiger partial charge in [0.2, 0.25) is 5.91 Å². The van der Waals surface area contributed by atoms with Crippen LogP contribution in [0.4, 0.5) is 10.1 Å². The Morgan fingerprint density at radius 2 is 1.75 bits per heavy atom. The summed E-state index contributed by atoms with van der Waals surface area (Å²) < 4.78 is 16.1. The predicted octanol–water partition coefficient (Wildman–Crippen LogP) is 6.07. The molecular formula is C23H21FN2OS. The van der Waals surface area contributed by atoms with Gasteiger partial charge in [0.05, 0.1) is 5.25 Å². The predicted molar refractivity (Wildman–Crippen MR) is 115 cm³/mol. The van der Waals surface area contributed by atoms with Crippen LogP contribution in [-0.2, 0) is 11.3 Å². The number of thioether (sulfide) groups is 1. The SMILES string of the molecule is CCn1c2ccccc2c2cc(NC(=O)[C@H](C)Sc3ccccc3F)ccc21. The van der Waals surface area contributed by atoms with E-state index in [1.54, 1.807) is 25.1 Å². The second kappa shape index (κ2) is 7.68. The lowest BCUT2D eigenvalue weighted by Crippen LogP contribution is -2.22. The summed E-state index contributed by atoms with van der Waals surface area (Å²) >= 11 is 1.22. The van der Waals surface area contributed by atoms with Crippen LogP contribution in [0, 0.1) is 5.82 Å². The number of carbonyl (C=O) groups excluding carboxylic acids is 1. The van der Waals surface area contributed by atoms with Gasteiger partial charge in [-0.15, -0.1) is 11.8 Å². The van der Waals surface area contributed by atoms with E-state index in [1.807, 2.05) is 30.3 Å². The van der Waals surface area contributed by atoms with E-state index in [0.29, 0.717) is 4.90 Å². The van der Waals surface area contributed by atoms with Crippen molar-refractivity contribution in [2.75, 3.05) is 5.32 Å². The van der Waals surface area contributed by atoms with Crippen molar-refractivity contribution in [3.8, 4) is 0 Å². The average molecular weight is 392 g/mol. The molecule has 4 rings (SSSR count). The Kier molecular flexibility index (Phi) is 5.09. The number of para-hydroxylation sites is 1. The van der Waals surface area contributed by atoms with Gasteiger partial charge in [0.1, 0.15) is 5.82 Å². The van der Waals surface area contributed by atoms with Gasteiger partial charge in [-0.2, -0.15) is 0 Å². The number of rotatable bonds is 5. The van der Waals surface area contributed by atoms with Crippen molar-refractivity contribution in [1.29, 1.82) is 0 Å². The quantitative estimate of drug-likeness (QED) is 0.418. The molecule has 0 aliphatic carbocycles. The van der Waals surface area contributed by atoms with E-state index in [4.69, 9.17) is 0 Å². The van der Waals surface area contributed by atoms with Crippen LogP contribution in [0.25, 0.3) is 21.8 Å². The number of fused-ring (bicyclic) bond motifs is 3. The van der Waals surface area contributed by atoms with Crippen molar-refractivity contribution in [2.45, 2.75) is 30.5 Å². The van der Waals surface area contributed by atoms with Crippen LogP contribution in [-0.4, -0.2) is 15.7 Å². The zero-order valence-corrected chi connectivity index (χ0v) is 16.6. The van der Waals surface area contributed by atoms with Crippen LogP contribution in [0.15, 0.2) is 71.6 Å².